The van der Waals surface area contributed by atoms with Gasteiger partial charge in [-0.25, -0.2) is 0 Å². The van der Waals surface area contributed by atoms with E-state index in [4.69, 9.17) is 0 Å². The normalized spacial score (nSPS) is 11.4. The number of benzene rings is 1. The molecule has 19 heavy (non-hydrogen) atoms. The molecule has 0 aliphatic heterocycles. The van der Waals surface area contributed by atoms with E-state index in [0.717, 1.165) is 16.7 Å². The van der Waals surface area contributed by atoms with E-state index in [2.05, 4.69) is 25.8 Å². The number of hydrogen-bond donors (Lipinski definition) is 0. The van der Waals surface area contributed by atoms with Crippen LogP contribution in [0.25, 0.3) is 0 Å². The molecule has 98 valence electrons. The first-order chi connectivity index (χ1) is 8.91. The van der Waals surface area contributed by atoms with Crippen LogP contribution in [0.5, 0.6) is 0 Å². The van der Waals surface area contributed by atoms with Crippen LogP contribution in [0.3, 0.4) is 0 Å². The van der Waals surface area contributed by atoms with Gasteiger partial charge in [-0.2, -0.15) is 0 Å². The number of aromatic nitrogens is 1. The van der Waals surface area contributed by atoms with Crippen molar-refractivity contribution >= 4 is 5.78 Å². The maximum absolute atomic E-state index is 12.7. The second-order valence-electron chi connectivity index (χ2n) is 5.82. The van der Waals surface area contributed by atoms with Crippen molar-refractivity contribution in [2.75, 3.05) is 0 Å². The predicted octanol–water partition coefficient (Wildman–Crippen LogP) is 3.92. The third-order valence-corrected chi connectivity index (χ3v) is 3.26. The monoisotopic (exact) mass is 253 g/mol. The maximum Gasteiger partial charge on any atom is 0.195 e. The van der Waals surface area contributed by atoms with Crippen molar-refractivity contribution in [3.05, 3.63) is 65.0 Å². The average Bonchev–Trinajstić information content (AvgIpc) is 2.37. The minimum Gasteiger partial charge on any atom is -0.289 e. The van der Waals surface area contributed by atoms with Crippen LogP contribution >= 0.6 is 0 Å². The van der Waals surface area contributed by atoms with Crippen molar-refractivity contribution in [1.29, 1.82) is 0 Å². The van der Waals surface area contributed by atoms with Crippen molar-refractivity contribution in [3.8, 4) is 0 Å². The Hall–Kier alpha value is -1.96. The van der Waals surface area contributed by atoms with E-state index in [0.29, 0.717) is 5.56 Å². The van der Waals surface area contributed by atoms with Crippen LogP contribution in [0.15, 0.2) is 42.7 Å². The summed E-state index contributed by atoms with van der Waals surface area (Å²) in [6.45, 7) is 8.30. The third kappa shape index (κ3) is 2.73. The van der Waals surface area contributed by atoms with Crippen LogP contribution in [0.4, 0.5) is 0 Å². The zero-order valence-corrected chi connectivity index (χ0v) is 11.9. The Bertz CT molecular complexity index is 609. The van der Waals surface area contributed by atoms with Gasteiger partial charge in [0.05, 0.1) is 0 Å². The summed E-state index contributed by atoms with van der Waals surface area (Å²) in [7, 11) is 0. The molecular weight excluding hydrogens is 234 g/mol. The molecule has 1 aromatic carbocycles. The quantitative estimate of drug-likeness (QED) is 0.759. The highest BCUT2D eigenvalue weighted by Crippen LogP contribution is 2.27. The van der Waals surface area contributed by atoms with Crippen molar-refractivity contribution in [2.24, 2.45) is 0 Å². The molecular formula is C17H19NO. The summed E-state index contributed by atoms with van der Waals surface area (Å²) < 4.78 is 0. The molecule has 2 nitrogen and oxygen atoms in total. The lowest BCUT2D eigenvalue weighted by molar-refractivity contribution is 0.103. The van der Waals surface area contributed by atoms with Crippen molar-refractivity contribution in [1.82, 2.24) is 4.98 Å². The van der Waals surface area contributed by atoms with Gasteiger partial charge in [-0.3, -0.25) is 9.78 Å². The Morgan fingerprint density at radius 1 is 1.05 bits per heavy atom. The Balaban J connectivity index is 2.55. The second-order valence-corrected chi connectivity index (χ2v) is 5.82. The number of aryl methyl sites for hydroxylation is 1. The second kappa shape index (κ2) is 4.96. The smallest absolute Gasteiger partial charge is 0.195 e. The van der Waals surface area contributed by atoms with Gasteiger partial charge >= 0.3 is 0 Å². The van der Waals surface area contributed by atoms with E-state index < -0.39 is 0 Å². The van der Waals surface area contributed by atoms with Crippen molar-refractivity contribution in [3.63, 3.8) is 0 Å². The highest BCUT2D eigenvalue weighted by molar-refractivity contribution is 6.10. The predicted molar refractivity (Wildman–Crippen MR) is 77.5 cm³/mol. The number of ketones is 1. The zero-order chi connectivity index (χ0) is 14.0. The summed E-state index contributed by atoms with van der Waals surface area (Å²) in [5.41, 5.74) is 3.43. The van der Waals surface area contributed by atoms with Crippen LogP contribution in [0.1, 0.15) is 47.8 Å². The Kier molecular flexibility index (Phi) is 3.52. The molecule has 0 fully saturated rings. The molecule has 1 aromatic heterocycles. The molecule has 0 N–H and O–H groups in total. The highest BCUT2D eigenvalue weighted by Gasteiger charge is 2.22. The van der Waals surface area contributed by atoms with E-state index in [9.17, 15) is 4.79 Å². The van der Waals surface area contributed by atoms with Gasteiger partial charge in [-0.1, -0.05) is 45.0 Å². The summed E-state index contributed by atoms with van der Waals surface area (Å²) in [5.74, 6) is 0.0520. The molecule has 2 aromatic rings. The number of pyridine rings is 1. The molecule has 0 bridgehead atoms. The number of carbonyl (C=O) groups is 1. The molecule has 0 unspecified atom stereocenters. The third-order valence-electron chi connectivity index (χ3n) is 3.26. The summed E-state index contributed by atoms with van der Waals surface area (Å²) >= 11 is 0. The summed E-state index contributed by atoms with van der Waals surface area (Å²) in [5, 5.41) is 0. The van der Waals surface area contributed by atoms with Crippen LogP contribution in [0, 0.1) is 6.92 Å². The van der Waals surface area contributed by atoms with Gasteiger partial charge in [0.2, 0.25) is 0 Å². The number of rotatable bonds is 2. The fraction of sp³-hybridized carbons (Fsp3) is 0.294. The van der Waals surface area contributed by atoms with E-state index >= 15 is 0 Å². The van der Waals surface area contributed by atoms with Gasteiger partial charge < -0.3 is 0 Å². The molecule has 0 radical (unpaired) electrons. The Morgan fingerprint density at radius 3 is 2.37 bits per heavy atom. The SMILES string of the molecule is Cc1ccncc1C(=O)c1ccccc1C(C)(C)C. The van der Waals surface area contributed by atoms with E-state index in [1.807, 2.05) is 37.3 Å². The summed E-state index contributed by atoms with van der Waals surface area (Å²) in [6, 6.07) is 9.68. The fourth-order valence-corrected chi connectivity index (χ4v) is 2.18. The molecule has 0 atom stereocenters. The Labute approximate surface area is 114 Å². The minimum atomic E-state index is -0.0532. The number of hydrogen-bond acceptors (Lipinski definition) is 2. The van der Waals surface area contributed by atoms with E-state index in [1.165, 1.54) is 0 Å². The first-order valence-corrected chi connectivity index (χ1v) is 6.46. The summed E-state index contributed by atoms with van der Waals surface area (Å²) in [4.78, 5) is 16.8. The standard InChI is InChI=1S/C17H19NO/c1-12-9-10-18-11-14(12)16(19)13-7-5-6-8-15(13)17(2,3)4/h5-11H,1-4H3. The number of nitrogens with zero attached hydrogens (tertiary/aromatic N) is 1. The molecule has 0 saturated heterocycles. The van der Waals surface area contributed by atoms with Crippen LogP contribution in [-0.2, 0) is 5.41 Å². The lowest BCUT2D eigenvalue weighted by Crippen LogP contribution is -2.17. The molecule has 0 aliphatic carbocycles. The van der Waals surface area contributed by atoms with Gasteiger partial charge in [-0.15, -0.1) is 0 Å². The topological polar surface area (TPSA) is 30.0 Å². The molecule has 2 heteroatoms. The molecule has 0 aliphatic rings. The van der Waals surface area contributed by atoms with Crippen LogP contribution < -0.4 is 0 Å². The van der Waals surface area contributed by atoms with E-state index in [-0.39, 0.29) is 11.2 Å². The highest BCUT2D eigenvalue weighted by atomic mass is 16.1. The fourth-order valence-electron chi connectivity index (χ4n) is 2.18. The largest absolute Gasteiger partial charge is 0.289 e. The first kappa shape index (κ1) is 13.5. The molecule has 1 heterocycles. The molecule has 2 rings (SSSR count). The maximum atomic E-state index is 12.7. The van der Waals surface area contributed by atoms with Gasteiger partial charge in [0.25, 0.3) is 0 Å². The van der Waals surface area contributed by atoms with E-state index in [1.54, 1.807) is 12.4 Å². The lowest BCUT2D eigenvalue weighted by Gasteiger charge is -2.22. The first-order valence-electron chi connectivity index (χ1n) is 6.46. The zero-order valence-electron chi connectivity index (χ0n) is 11.9. The van der Waals surface area contributed by atoms with Gasteiger partial charge in [-0.05, 0) is 29.5 Å². The van der Waals surface area contributed by atoms with Crippen molar-refractivity contribution < 1.29 is 4.79 Å². The van der Waals surface area contributed by atoms with Gasteiger partial charge in [0, 0.05) is 23.5 Å². The van der Waals surface area contributed by atoms with Crippen LogP contribution in [-0.4, -0.2) is 10.8 Å². The minimum absolute atomic E-state index is 0.0520. The van der Waals surface area contributed by atoms with Crippen LogP contribution in [0.2, 0.25) is 0 Å². The van der Waals surface area contributed by atoms with Gasteiger partial charge in [0.15, 0.2) is 5.78 Å². The Morgan fingerprint density at radius 2 is 1.74 bits per heavy atom. The average molecular weight is 253 g/mol. The van der Waals surface area contributed by atoms with Gasteiger partial charge in [0.1, 0.15) is 0 Å². The lowest BCUT2D eigenvalue weighted by atomic mass is 9.81. The van der Waals surface area contributed by atoms with Crippen molar-refractivity contribution in [2.45, 2.75) is 33.1 Å². The summed E-state index contributed by atoms with van der Waals surface area (Å²) in [6.07, 6.45) is 3.36. The number of carbonyl (C=O) groups excluding carboxylic acids is 1. The molecule has 0 amide bonds. The molecule has 0 spiro atoms. The molecule has 0 saturated carbocycles.